The number of halogens is 1. The fourth-order valence-corrected chi connectivity index (χ4v) is 5.03. The van der Waals surface area contributed by atoms with Crippen LogP contribution in [0.3, 0.4) is 0 Å². The SMILES string of the molecule is CC(C)CCN(CC(=O)N1CCc2sccc2C1COc1ccc(F)cc1)C(=O)C1CC1. The number of benzene rings is 1. The third-order valence-electron chi connectivity index (χ3n) is 6.18. The number of carbonyl (C=O) groups excluding carboxylic acids is 2. The Morgan fingerprint density at radius 1 is 1.22 bits per heavy atom. The Balaban J connectivity index is 1.47. The molecule has 0 spiro atoms. The van der Waals surface area contributed by atoms with Crippen molar-refractivity contribution in [2.75, 3.05) is 26.2 Å². The lowest BCUT2D eigenvalue weighted by Gasteiger charge is -2.37. The maximum atomic E-state index is 13.4. The molecule has 2 heterocycles. The van der Waals surface area contributed by atoms with Gasteiger partial charge in [0.1, 0.15) is 18.2 Å². The molecule has 0 radical (unpaired) electrons. The van der Waals surface area contributed by atoms with E-state index in [1.807, 2.05) is 4.90 Å². The maximum absolute atomic E-state index is 13.4. The summed E-state index contributed by atoms with van der Waals surface area (Å²) in [4.78, 5) is 31.1. The Bertz CT molecular complexity index is 939. The molecular formula is C25H31FN2O3S. The fraction of sp³-hybridized carbons (Fsp3) is 0.520. The standard InChI is InChI=1S/C25H31FN2O3S/c1-17(2)9-12-27(25(30)18-3-4-18)15-24(29)28-13-10-23-21(11-14-32-23)22(28)16-31-20-7-5-19(26)6-8-20/h5-8,11,14,17-18,22H,3-4,9-10,12-13,15-16H2,1-2H3. The van der Waals surface area contributed by atoms with E-state index in [4.69, 9.17) is 4.74 Å². The second-order valence-corrected chi connectivity index (χ2v) is 10.1. The van der Waals surface area contributed by atoms with Crippen molar-refractivity contribution in [2.24, 2.45) is 11.8 Å². The molecule has 1 atom stereocenters. The van der Waals surface area contributed by atoms with Gasteiger partial charge >= 0.3 is 0 Å². The normalized spacial score (nSPS) is 17.9. The largest absolute Gasteiger partial charge is 0.491 e. The predicted octanol–water partition coefficient (Wildman–Crippen LogP) is 4.68. The van der Waals surface area contributed by atoms with E-state index in [0.29, 0.717) is 31.4 Å². The molecule has 1 aromatic heterocycles. The van der Waals surface area contributed by atoms with E-state index in [9.17, 15) is 14.0 Å². The summed E-state index contributed by atoms with van der Waals surface area (Å²) >= 11 is 1.70. The molecule has 0 N–H and O–H groups in total. The van der Waals surface area contributed by atoms with E-state index in [1.54, 1.807) is 28.4 Å². The second kappa shape index (κ2) is 10.0. The molecule has 2 aromatic rings. The van der Waals surface area contributed by atoms with E-state index < -0.39 is 0 Å². The van der Waals surface area contributed by atoms with Gasteiger partial charge in [-0.3, -0.25) is 9.59 Å². The lowest BCUT2D eigenvalue weighted by molar-refractivity contribution is -0.143. The molecular weight excluding hydrogens is 427 g/mol. The summed E-state index contributed by atoms with van der Waals surface area (Å²) in [6, 6.07) is 7.77. The van der Waals surface area contributed by atoms with Crippen LogP contribution >= 0.6 is 11.3 Å². The van der Waals surface area contributed by atoms with Crippen molar-refractivity contribution in [3.8, 4) is 5.75 Å². The number of carbonyl (C=O) groups is 2. The first-order chi connectivity index (χ1) is 15.4. The van der Waals surface area contributed by atoms with Crippen LogP contribution < -0.4 is 4.74 Å². The van der Waals surface area contributed by atoms with E-state index in [2.05, 4.69) is 25.3 Å². The molecule has 1 saturated carbocycles. The first-order valence-corrected chi connectivity index (χ1v) is 12.3. The number of nitrogens with zero attached hydrogens (tertiary/aromatic N) is 2. The van der Waals surface area contributed by atoms with Crippen LogP contribution in [0.1, 0.15) is 49.6 Å². The van der Waals surface area contributed by atoms with Gasteiger partial charge in [-0.1, -0.05) is 13.8 Å². The van der Waals surface area contributed by atoms with E-state index in [-0.39, 0.29) is 36.1 Å². The minimum absolute atomic E-state index is 0.0349. The molecule has 4 rings (SSSR count). The Kier molecular flexibility index (Phi) is 7.13. The third kappa shape index (κ3) is 5.49. The van der Waals surface area contributed by atoms with Gasteiger partial charge in [-0.05, 0) is 72.9 Å². The average molecular weight is 459 g/mol. The molecule has 0 saturated heterocycles. The highest BCUT2D eigenvalue weighted by Crippen LogP contribution is 2.35. The predicted molar refractivity (Wildman–Crippen MR) is 123 cm³/mol. The maximum Gasteiger partial charge on any atom is 0.242 e. The van der Waals surface area contributed by atoms with Gasteiger partial charge < -0.3 is 14.5 Å². The van der Waals surface area contributed by atoms with Crippen molar-refractivity contribution in [2.45, 2.75) is 45.6 Å². The first-order valence-electron chi connectivity index (χ1n) is 11.4. The zero-order chi connectivity index (χ0) is 22.7. The third-order valence-corrected chi connectivity index (χ3v) is 7.17. The zero-order valence-corrected chi connectivity index (χ0v) is 19.6. The lowest BCUT2D eigenvalue weighted by atomic mass is 10.00. The van der Waals surface area contributed by atoms with Crippen LogP contribution in [0.15, 0.2) is 35.7 Å². The second-order valence-electron chi connectivity index (χ2n) is 9.13. The average Bonchev–Trinajstić information content (AvgIpc) is 3.52. The van der Waals surface area contributed by atoms with Crippen LogP contribution in [0.25, 0.3) is 0 Å². The highest BCUT2D eigenvalue weighted by Gasteiger charge is 2.37. The molecule has 1 unspecified atom stereocenters. The first kappa shape index (κ1) is 22.8. The molecule has 7 heteroatoms. The molecule has 32 heavy (non-hydrogen) atoms. The van der Waals surface area contributed by atoms with Gasteiger partial charge in [0.2, 0.25) is 11.8 Å². The minimum atomic E-state index is -0.311. The highest BCUT2D eigenvalue weighted by atomic mass is 32.1. The quantitative estimate of drug-likeness (QED) is 0.548. The van der Waals surface area contributed by atoms with Crippen molar-refractivity contribution in [1.29, 1.82) is 0 Å². The van der Waals surface area contributed by atoms with Gasteiger partial charge in [-0.15, -0.1) is 11.3 Å². The highest BCUT2D eigenvalue weighted by molar-refractivity contribution is 7.10. The van der Waals surface area contributed by atoms with Gasteiger partial charge in [0.25, 0.3) is 0 Å². The number of hydrogen-bond donors (Lipinski definition) is 0. The Morgan fingerprint density at radius 2 is 1.97 bits per heavy atom. The number of amides is 2. The summed E-state index contributed by atoms with van der Waals surface area (Å²) in [6.45, 7) is 5.91. The topological polar surface area (TPSA) is 49.9 Å². The van der Waals surface area contributed by atoms with Crippen LogP contribution in [0.5, 0.6) is 5.75 Å². The number of ether oxygens (including phenoxy) is 1. The van der Waals surface area contributed by atoms with Crippen molar-refractivity contribution < 1.29 is 18.7 Å². The molecule has 172 valence electrons. The summed E-state index contributed by atoms with van der Waals surface area (Å²) in [7, 11) is 0. The molecule has 1 aliphatic heterocycles. The van der Waals surface area contributed by atoms with Gasteiger partial charge in [0, 0.05) is 23.9 Å². The summed E-state index contributed by atoms with van der Waals surface area (Å²) in [6.07, 6.45) is 3.56. The van der Waals surface area contributed by atoms with Crippen molar-refractivity contribution in [1.82, 2.24) is 9.80 Å². The Morgan fingerprint density at radius 3 is 2.66 bits per heavy atom. The van der Waals surface area contributed by atoms with Crippen molar-refractivity contribution >= 4 is 23.2 Å². The van der Waals surface area contributed by atoms with Crippen LogP contribution in [0.2, 0.25) is 0 Å². The summed E-state index contributed by atoms with van der Waals surface area (Å²) < 4.78 is 19.2. The van der Waals surface area contributed by atoms with Crippen LogP contribution in [-0.2, 0) is 16.0 Å². The number of fused-ring (bicyclic) bond motifs is 1. The fourth-order valence-electron chi connectivity index (χ4n) is 4.10. The van der Waals surface area contributed by atoms with Gasteiger partial charge in [0.15, 0.2) is 0 Å². The number of rotatable bonds is 9. The molecule has 1 aliphatic carbocycles. The molecule has 1 aromatic carbocycles. The monoisotopic (exact) mass is 458 g/mol. The van der Waals surface area contributed by atoms with Gasteiger partial charge in [-0.25, -0.2) is 4.39 Å². The van der Waals surface area contributed by atoms with Crippen LogP contribution in [0.4, 0.5) is 4.39 Å². The summed E-state index contributed by atoms with van der Waals surface area (Å²) in [5.41, 5.74) is 1.11. The molecule has 2 aliphatic rings. The zero-order valence-electron chi connectivity index (χ0n) is 18.8. The van der Waals surface area contributed by atoms with E-state index in [0.717, 1.165) is 31.2 Å². The Labute approximate surface area is 193 Å². The van der Waals surface area contributed by atoms with Crippen molar-refractivity contribution in [3.63, 3.8) is 0 Å². The molecule has 2 amide bonds. The molecule has 1 fully saturated rings. The van der Waals surface area contributed by atoms with E-state index in [1.165, 1.54) is 17.0 Å². The summed E-state index contributed by atoms with van der Waals surface area (Å²) in [5, 5.41) is 2.05. The summed E-state index contributed by atoms with van der Waals surface area (Å²) in [5.74, 6) is 0.910. The Hall–Kier alpha value is -2.41. The number of thiophene rings is 1. The van der Waals surface area contributed by atoms with Crippen LogP contribution in [0, 0.1) is 17.7 Å². The van der Waals surface area contributed by atoms with Gasteiger partial charge in [0.05, 0.1) is 12.6 Å². The molecule has 0 bridgehead atoms. The van der Waals surface area contributed by atoms with Crippen molar-refractivity contribution in [3.05, 3.63) is 52.0 Å². The van der Waals surface area contributed by atoms with Crippen LogP contribution in [-0.4, -0.2) is 47.9 Å². The number of hydrogen-bond acceptors (Lipinski definition) is 4. The smallest absolute Gasteiger partial charge is 0.242 e. The lowest BCUT2D eigenvalue weighted by Crippen LogP contribution is -2.48. The minimum Gasteiger partial charge on any atom is -0.491 e. The van der Waals surface area contributed by atoms with Gasteiger partial charge in [-0.2, -0.15) is 0 Å². The van der Waals surface area contributed by atoms with E-state index >= 15 is 0 Å². The molecule has 5 nitrogen and oxygen atoms in total.